The molecule has 18 heavy (non-hydrogen) atoms. The fraction of sp³-hybridized carbons (Fsp3) is 0.300. The Hall–Kier alpha value is -2.35. The Bertz CT molecular complexity index is 537. The molecule has 2 aromatic heterocycles. The zero-order chi connectivity index (χ0) is 13.1. The third-order valence-electron chi connectivity index (χ3n) is 2.09. The van der Waals surface area contributed by atoms with E-state index in [4.69, 9.17) is 10.3 Å². The van der Waals surface area contributed by atoms with Gasteiger partial charge in [-0.05, 0) is 6.92 Å². The molecule has 0 saturated heterocycles. The van der Waals surface area contributed by atoms with E-state index in [9.17, 15) is 0 Å². The minimum Gasteiger partial charge on any atom is -0.393 e. The van der Waals surface area contributed by atoms with E-state index in [1.807, 2.05) is 14.1 Å². The Morgan fingerprint density at radius 3 is 2.61 bits per heavy atom. The zero-order valence-corrected chi connectivity index (χ0v) is 10.4. The van der Waals surface area contributed by atoms with Gasteiger partial charge in [0.15, 0.2) is 17.5 Å². The molecule has 4 N–H and O–H groups in total. The average Bonchev–Trinajstić information content (AvgIpc) is 2.69. The van der Waals surface area contributed by atoms with Gasteiger partial charge in [-0.15, -0.1) is 0 Å². The summed E-state index contributed by atoms with van der Waals surface area (Å²) in [6.07, 6.45) is 1.41. The molecule has 0 atom stereocenters. The summed E-state index contributed by atoms with van der Waals surface area (Å²) in [6, 6.07) is 1.75. The fourth-order valence-corrected chi connectivity index (χ4v) is 1.34. The van der Waals surface area contributed by atoms with E-state index in [0.717, 1.165) is 0 Å². The van der Waals surface area contributed by atoms with Crippen molar-refractivity contribution in [2.24, 2.45) is 0 Å². The van der Waals surface area contributed by atoms with Crippen molar-refractivity contribution in [2.75, 3.05) is 30.6 Å². The Kier molecular flexibility index (Phi) is 3.28. The molecule has 0 radical (unpaired) electrons. The second-order valence-electron chi connectivity index (χ2n) is 3.94. The summed E-state index contributed by atoms with van der Waals surface area (Å²) in [6.45, 7) is 1.81. The molecule has 0 saturated carbocycles. The van der Waals surface area contributed by atoms with Gasteiger partial charge in [-0.25, -0.2) is 15.0 Å². The first kappa shape index (κ1) is 12.1. The molecule has 0 aromatic carbocycles. The summed E-state index contributed by atoms with van der Waals surface area (Å²) in [4.78, 5) is 8.12. The van der Waals surface area contributed by atoms with Crippen LogP contribution in [-0.2, 0) is 0 Å². The van der Waals surface area contributed by atoms with Crippen molar-refractivity contribution < 1.29 is 4.52 Å². The minimum absolute atomic E-state index is 0.409. The Labute approximate surface area is 104 Å². The van der Waals surface area contributed by atoms with Crippen molar-refractivity contribution in [3.63, 3.8) is 0 Å². The number of rotatable bonds is 4. The third-order valence-corrected chi connectivity index (χ3v) is 2.09. The van der Waals surface area contributed by atoms with Crippen LogP contribution in [0.5, 0.6) is 0 Å². The van der Waals surface area contributed by atoms with Crippen LogP contribution in [0.1, 0.15) is 5.76 Å². The van der Waals surface area contributed by atoms with Crippen molar-refractivity contribution in [1.29, 1.82) is 0 Å². The Balaban J connectivity index is 2.23. The molecule has 0 aliphatic carbocycles. The first-order valence-corrected chi connectivity index (χ1v) is 5.31. The van der Waals surface area contributed by atoms with Crippen LogP contribution in [0.4, 0.5) is 23.1 Å². The predicted molar refractivity (Wildman–Crippen MR) is 68.3 cm³/mol. The van der Waals surface area contributed by atoms with Gasteiger partial charge in [0.1, 0.15) is 17.8 Å². The number of aromatic nitrogens is 3. The van der Waals surface area contributed by atoms with Crippen LogP contribution in [0, 0.1) is 6.92 Å². The van der Waals surface area contributed by atoms with Crippen LogP contribution >= 0.6 is 0 Å². The first-order valence-electron chi connectivity index (χ1n) is 5.31. The van der Waals surface area contributed by atoms with Crippen molar-refractivity contribution >= 4 is 23.1 Å². The maximum atomic E-state index is 5.95. The highest BCUT2D eigenvalue weighted by Crippen LogP contribution is 2.25. The van der Waals surface area contributed by atoms with Crippen LogP contribution in [-0.4, -0.2) is 34.2 Å². The number of aryl methyl sites for hydroxylation is 1. The largest absolute Gasteiger partial charge is 0.393 e. The summed E-state index contributed by atoms with van der Waals surface area (Å²) < 4.78 is 4.95. The van der Waals surface area contributed by atoms with Crippen LogP contribution < -0.4 is 16.5 Å². The summed E-state index contributed by atoms with van der Waals surface area (Å²) in [7, 11) is 3.69. The number of hydrazine groups is 1. The quantitative estimate of drug-likeness (QED) is 0.689. The SMILES string of the molecule is Cc1cc(Nc2ncnc(NN(C)C)c2N)no1. The van der Waals surface area contributed by atoms with Gasteiger partial charge in [-0.2, -0.15) is 0 Å². The average molecular weight is 249 g/mol. The van der Waals surface area contributed by atoms with Gasteiger partial charge >= 0.3 is 0 Å². The molecule has 0 fully saturated rings. The van der Waals surface area contributed by atoms with Crippen molar-refractivity contribution in [2.45, 2.75) is 6.92 Å². The van der Waals surface area contributed by atoms with Gasteiger partial charge in [0.25, 0.3) is 0 Å². The van der Waals surface area contributed by atoms with Gasteiger partial charge < -0.3 is 21.0 Å². The zero-order valence-electron chi connectivity index (χ0n) is 10.4. The molecular formula is C10H15N7O. The molecule has 0 spiro atoms. The molecular weight excluding hydrogens is 234 g/mol. The number of hydrogen-bond donors (Lipinski definition) is 3. The van der Waals surface area contributed by atoms with Crippen molar-refractivity contribution in [1.82, 2.24) is 20.1 Å². The molecule has 0 amide bonds. The molecule has 0 aliphatic rings. The maximum absolute atomic E-state index is 5.95. The van der Waals surface area contributed by atoms with Gasteiger partial charge in [0, 0.05) is 20.2 Å². The van der Waals surface area contributed by atoms with Crippen molar-refractivity contribution in [3.8, 4) is 0 Å². The van der Waals surface area contributed by atoms with E-state index in [-0.39, 0.29) is 0 Å². The third kappa shape index (κ3) is 2.66. The highest BCUT2D eigenvalue weighted by molar-refractivity contribution is 5.76. The number of nitrogens with one attached hydrogen (secondary N) is 2. The maximum Gasteiger partial charge on any atom is 0.175 e. The van der Waals surface area contributed by atoms with Crippen molar-refractivity contribution in [3.05, 3.63) is 18.2 Å². The lowest BCUT2D eigenvalue weighted by Gasteiger charge is -2.15. The fourth-order valence-electron chi connectivity index (χ4n) is 1.34. The van der Waals surface area contributed by atoms with Crippen LogP contribution in [0.15, 0.2) is 16.9 Å². The molecule has 2 heterocycles. The lowest BCUT2D eigenvalue weighted by Crippen LogP contribution is -2.21. The van der Waals surface area contributed by atoms with Gasteiger partial charge in [-0.3, -0.25) is 0 Å². The highest BCUT2D eigenvalue weighted by Gasteiger charge is 2.10. The molecule has 8 heteroatoms. The lowest BCUT2D eigenvalue weighted by atomic mass is 10.4. The molecule has 0 unspecified atom stereocenters. The summed E-state index contributed by atoms with van der Waals surface area (Å²) in [5, 5.41) is 8.52. The number of nitrogen functional groups attached to an aromatic ring is 1. The highest BCUT2D eigenvalue weighted by atomic mass is 16.5. The van der Waals surface area contributed by atoms with Crippen LogP contribution in [0.2, 0.25) is 0 Å². The van der Waals surface area contributed by atoms with Gasteiger partial charge in [-0.1, -0.05) is 5.16 Å². The predicted octanol–water partition coefficient (Wildman–Crippen LogP) is 0.987. The summed E-state index contributed by atoms with van der Waals surface area (Å²) in [5.74, 6) is 2.26. The summed E-state index contributed by atoms with van der Waals surface area (Å²) >= 11 is 0. The molecule has 0 aliphatic heterocycles. The molecule has 0 bridgehead atoms. The van der Waals surface area contributed by atoms with Crippen LogP contribution in [0.25, 0.3) is 0 Å². The second kappa shape index (κ2) is 4.88. The first-order chi connectivity index (χ1) is 8.56. The summed E-state index contributed by atoms with van der Waals surface area (Å²) in [5.41, 5.74) is 9.34. The molecule has 96 valence electrons. The lowest BCUT2D eigenvalue weighted by molar-refractivity contribution is 0.400. The monoisotopic (exact) mass is 249 g/mol. The van der Waals surface area contributed by atoms with Gasteiger partial charge in [0.05, 0.1) is 0 Å². The topological polar surface area (TPSA) is 105 Å². The van der Waals surface area contributed by atoms with E-state index in [1.54, 1.807) is 18.0 Å². The number of nitrogens with zero attached hydrogens (tertiary/aromatic N) is 4. The molecule has 2 aromatic rings. The number of anilines is 4. The van der Waals surface area contributed by atoms with Gasteiger partial charge in [0.2, 0.25) is 0 Å². The van der Waals surface area contributed by atoms with Crippen LogP contribution in [0.3, 0.4) is 0 Å². The Morgan fingerprint density at radius 1 is 1.28 bits per heavy atom. The second-order valence-corrected chi connectivity index (χ2v) is 3.94. The van der Waals surface area contributed by atoms with E-state index >= 15 is 0 Å². The van der Waals surface area contributed by atoms with E-state index in [0.29, 0.717) is 28.9 Å². The number of hydrogen-bond acceptors (Lipinski definition) is 8. The molecule has 2 rings (SSSR count). The number of nitrogens with two attached hydrogens (primary N) is 1. The standard InChI is InChI=1S/C10H15N7O/c1-6-4-7(16-18-6)14-9-8(11)10(13-5-12-9)15-17(2)3/h4-5H,11H2,1-3H3,(H2,12,13,14,15,16). The smallest absolute Gasteiger partial charge is 0.175 e. The Morgan fingerprint density at radius 2 is 2.00 bits per heavy atom. The van der Waals surface area contributed by atoms with E-state index in [2.05, 4.69) is 25.9 Å². The minimum atomic E-state index is 0.409. The van der Waals surface area contributed by atoms with E-state index < -0.39 is 0 Å². The normalized spacial score (nSPS) is 10.7. The van der Waals surface area contributed by atoms with E-state index in [1.165, 1.54) is 6.33 Å². The molecule has 8 nitrogen and oxygen atoms in total.